The molecule has 0 aromatic carbocycles. The van der Waals surface area contributed by atoms with Crippen LogP contribution in [0.15, 0.2) is 4.42 Å². The molecule has 1 heterocycles. The molecule has 3 nitrogen and oxygen atoms in total. The van der Waals surface area contributed by atoms with Crippen LogP contribution >= 0.6 is 0 Å². The highest BCUT2D eigenvalue weighted by molar-refractivity contribution is 5.12. The molecule has 1 N–H and O–H groups in total. The van der Waals surface area contributed by atoms with E-state index < -0.39 is 6.10 Å². The quantitative estimate of drug-likeness (QED) is 0.853. The lowest BCUT2D eigenvalue weighted by Crippen LogP contribution is -2.04. The van der Waals surface area contributed by atoms with Crippen molar-refractivity contribution in [3.63, 3.8) is 0 Å². The highest BCUT2D eigenvalue weighted by Gasteiger charge is 2.23. The predicted molar refractivity (Wildman–Crippen MR) is 62.3 cm³/mol. The van der Waals surface area contributed by atoms with Crippen LogP contribution in [0.1, 0.15) is 74.8 Å². The van der Waals surface area contributed by atoms with E-state index in [1.165, 1.54) is 32.1 Å². The van der Waals surface area contributed by atoms with E-state index in [0.29, 0.717) is 18.1 Å². The summed E-state index contributed by atoms with van der Waals surface area (Å²) in [6.07, 6.45) is 6.43. The second-order valence-electron chi connectivity index (χ2n) is 4.76. The second-order valence-corrected chi connectivity index (χ2v) is 4.76. The van der Waals surface area contributed by atoms with Gasteiger partial charge in [-0.05, 0) is 26.2 Å². The van der Waals surface area contributed by atoms with Crippen molar-refractivity contribution < 1.29 is 9.52 Å². The zero-order chi connectivity index (χ0) is 11.5. The number of aromatic nitrogens is 1. The molecular formula is C13H21NO2. The summed E-state index contributed by atoms with van der Waals surface area (Å²) in [6.45, 7) is 3.87. The standard InChI is InChI=1S/C13H21NO2/c1-3-11(15)12-9(2)14-13(16-12)10-7-5-4-6-8-10/h10-11,15H,3-8H2,1-2H3. The summed E-state index contributed by atoms with van der Waals surface area (Å²) < 4.78 is 5.75. The van der Waals surface area contributed by atoms with Crippen LogP contribution in [-0.2, 0) is 0 Å². The molecule has 3 heteroatoms. The molecule has 16 heavy (non-hydrogen) atoms. The van der Waals surface area contributed by atoms with E-state index in [-0.39, 0.29) is 0 Å². The molecule has 0 radical (unpaired) electrons. The lowest BCUT2D eigenvalue weighted by molar-refractivity contribution is 0.141. The number of aliphatic hydroxyl groups excluding tert-OH is 1. The van der Waals surface area contributed by atoms with Crippen molar-refractivity contribution in [2.24, 2.45) is 0 Å². The van der Waals surface area contributed by atoms with E-state index in [4.69, 9.17) is 4.42 Å². The Hall–Kier alpha value is -0.830. The van der Waals surface area contributed by atoms with Gasteiger partial charge >= 0.3 is 0 Å². The summed E-state index contributed by atoms with van der Waals surface area (Å²) in [5, 5.41) is 9.79. The highest BCUT2D eigenvalue weighted by Crippen LogP contribution is 2.34. The van der Waals surface area contributed by atoms with Gasteiger partial charge in [-0.3, -0.25) is 0 Å². The van der Waals surface area contributed by atoms with Gasteiger partial charge < -0.3 is 9.52 Å². The third-order valence-corrected chi connectivity index (χ3v) is 3.49. The first-order valence-corrected chi connectivity index (χ1v) is 6.37. The fraction of sp³-hybridized carbons (Fsp3) is 0.769. The van der Waals surface area contributed by atoms with Gasteiger partial charge in [0.1, 0.15) is 6.10 Å². The Kier molecular flexibility index (Phi) is 3.64. The van der Waals surface area contributed by atoms with Crippen molar-refractivity contribution >= 4 is 0 Å². The van der Waals surface area contributed by atoms with Gasteiger partial charge in [0, 0.05) is 5.92 Å². The number of nitrogens with zero attached hydrogens (tertiary/aromatic N) is 1. The Morgan fingerprint density at radius 1 is 1.38 bits per heavy atom. The Morgan fingerprint density at radius 3 is 2.69 bits per heavy atom. The van der Waals surface area contributed by atoms with Crippen LogP contribution in [0.5, 0.6) is 0 Å². The Balaban J connectivity index is 2.16. The van der Waals surface area contributed by atoms with Crippen molar-refractivity contribution in [2.75, 3.05) is 0 Å². The van der Waals surface area contributed by atoms with Crippen molar-refractivity contribution in [1.29, 1.82) is 0 Å². The van der Waals surface area contributed by atoms with E-state index in [1.54, 1.807) is 0 Å². The zero-order valence-electron chi connectivity index (χ0n) is 10.2. The molecule has 0 spiro atoms. The van der Waals surface area contributed by atoms with Crippen LogP contribution in [0.3, 0.4) is 0 Å². The third-order valence-electron chi connectivity index (χ3n) is 3.49. The first-order chi connectivity index (χ1) is 7.72. The van der Waals surface area contributed by atoms with Gasteiger partial charge in [0.25, 0.3) is 0 Å². The molecule has 1 aromatic heterocycles. The number of aryl methyl sites for hydroxylation is 1. The van der Waals surface area contributed by atoms with Gasteiger partial charge in [0.15, 0.2) is 11.7 Å². The average Bonchev–Trinajstić information content (AvgIpc) is 2.71. The van der Waals surface area contributed by atoms with Crippen molar-refractivity contribution in [3.8, 4) is 0 Å². The molecule has 1 aliphatic rings. The molecule has 1 atom stereocenters. The van der Waals surface area contributed by atoms with Crippen LogP contribution in [0.25, 0.3) is 0 Å². The number of aliphatic hydroxyl groups is 1. The van der Waals surface area contributed by atoms with Crippen molar-refractivity contribution in [3.05, 3.63) is 17.3 Å². The Bertz CT molecular complexity index is 340. The van der Waals surface area contributed by atoms with Crippen molar-refractivity contribution in [2.45, 2.75) is 64.4 Å². The van der Waals surface area contributed by atoms with Gasteiger partial charge in [-0.15, -0.1) is 0 Å². The zero-order valence-corrected chi connectivity index (χ0v) is 10.2. The van der Waals surface area contributed by atoms with Crippen LogP contribution < -0.4 is 0 Å². The average molecular weight is 223 g/mol. The van der Waals surface area contributed by atoms with Crippen molar-refractivity contribution in [1.82, 2.24) is 4.98 Å². The van der Waals surface area contributed by atoms with Gasteiger partial charge in [0.2, 0.25) is 0 Å². The highest BCUT2D eigenvalue weighted by atomic mass is 16.4. The normalized spacial score (nSPS) is 19.9. The van der Waals surface area contributed by atoms with Crippen LogP contribution in [0.2, 0.25) is 0 Å². The molecule has 1 fully saturated rings. The molecule has 1 unspecified atom stereocenters. The molecule has 0 saturated heterocycles. The molecular weight excluding hydrogens is 202 g/mol. The summed E-state index contributed by atoms with van der Waals surface area (Å²) in [6, 6.07) is 0. The van der Waals surface area contributed by atoms with Gasteiger partial charge in [0.05, 0.1) is 5.69 Å². The van der Waals surface area contributed by atoms with Crippen LogP contribution in [0, 0.1) is 6.92 Å². The maximum absolute atomic E-state index is 9.79. The topological polar surface area (TPSA) is 46.3 Å². The van der Waals surface area contributed by atoms with E-state index in [0.717, 1.165) is 11.6 Å². The van der Waals surface area contributed by atoms with E-state index in [1.807, 2.05) is 13.8 Å². The SMILES string of the molecule is CCC(O)c1oc(C2CCCCC2)nc1C. The lowest BCUT2D eigenvalue weighted by Gasteiger charge is -2.18. The maximum atomic E-state index is 9.79. The Labute approximate surface area is 96.9 Å². The first kappa shape index (κ1) is 11.6. The third kappa shape index (κ3) is 2.29. The van der Waals surface area contributed by atoms with Crippen LogP contribution in [-0.4, -0.2) is 10.1 Å². The van der Waals surface area contributed by atoms with Gasteiger partial charge in [-0.2, -0.15) is 0 Å². The summed E-state index contributed by atoms with van der Waals surface area (Å²) in [7, 11) is 0. The fourth-order valence-corrected chi connectivity index (χ4v) is 2.45. The van der Waals surface area contributed by atoms with E-state index >= 15 is 0 Å². The number of hydrogen-bond acceptors (Lipinski definition) is 3. The molecule has 0 aliphatic heterocycles. The fourth-order valence-electron chi connectivity index (χ4n) is 2.45. The van der Waals surface area contributed by atoms with Crippen LogP contribution in [0.4, 0.5) is 0 Å². The first-order valence-electron chi connectivity index (χ1n) is 6.37. The lowest BCUT2D eigenvalue weighted by atomic mass is 9.89. The molecule has 0 bridgehead atoms. The monoisotopic (exact) mass is 223 g/mol. The molecule has 1 aliphatic carbocycles. The van der Waals surface area contributed by atoms with E-state index in [2.05, 4.69) is 4.98 Å². The summed E-state index contributed by atoms with van der Waals surface area (Å²) in [5.41, 5.74) is 0.856. The summed E-state index contributed by atoms with van der Waals surface area (Å²) >= 11 is 0. The Morgan fingerprint density at radius 2 is 2.06 bits per heavy atom. The predicted octanol–water partition coefficient (Wildman–Crippen LogP) is 3.47. The number of hydrogen-bond donors (Lipinski definition) is 1. The summed E-state index contributed by atoms with van der Waals surface area (Å²) in [5.74, 6) is 1.99. The minimum Gasteiger partial charge on any atom is -0.442 e. The molecule has 1 saturated carbocycles. The number of oxazole rings is 1. The van der Waals surface area contributed by atoms with Gasteiger partial charge in [-0.25, -0.2) is 4.98 Å². The smallest absolute Gasteiger partial charge is 0.197 e. The molecule has 1 aromatic rings. The second kappa shape index (κ2) is 5.00. The number of rotatable bonds is 3. The molecule has 90 valence electrons. The molecule has 0 amide bonds. The largest absolute Gasteiger partial charge is 0.442 e. The van der Waals surface area contributed by atoms with Gasteiger partial charge in [-0.1, -0.05) is 26.2 Å². The maximum Gasteiger partial charge on any atom is 0.197 e. The summed E-state index contributed by atoms with van der Waals surface area (Å²) in [4.78, 5) is 4.48. The minimum absolute atomic E-state index is 0.477. The minimum atomic E-state index is -0.496. The molecule has 2 rings (SSSR count). The van der Waals surface area contributed by atoms with E-state index in [9.17, 15) is 5.11 Å².